The molecule has 1 atom stereocenters. The quantitative estimate of drug-likeness (QED) is 0.679. The van der Waals surface area contributed by atoms with E-state index in [1.165, 1.54) is 11.0 Å². The van der Waals surface area contributed by atoms with E-state index in [0.29, 0.717) is 22.3 Å². The van der Waals surface area contributed by atoms with Crippen LogP contribution in [0.25, 0.3) is 0 Å². The van der Waals surface area contributed by atoms with E-state index in [-0.39, 0.29) is 30.5 Å². The summed E-state index contributed by atoms with van der Waals surface area (Å²) in [4.78, 5) is 24.0. The van der Waals surface area contributed by atoms with E-state index in [2.05, 4.69) is 15.9 Å². The molecule has 1 N–H and O–H groups in total. The number of rotatable bonds is 3. The Balaban J connectivity index is 2.50. The highest BCUT2D eigenvalue weighted by Crippen LogP contribution is 2.37. The number of anilines is 1. The molecule has 1 saturated heterocycles. The van der Waals surface area contributed by atoms with Crippen LogP contribution in [0.3, 0.4) is 0 Å². The number of benzene rings is 1. The Morgan fingerprint density at radius 1 is 1.58 bits per heavy atom. The number of aryl methyl sites for hydroxylation is 1. The number of halogens is 1. The van der Waals surface area contributed by atoms with Gasteiger partial charge in [-0.15, -0.1) is 0 Å². The lowest BCUT2D eigenvalue weighted by atomic mass is 10.1. The zero-order valence-electron chi connectivity index (χ0n) is 10.3. The van der Waals surface area contributed by atoms with Gasteiger partial charge in [-0.25, -0.2) is 0 Å². The van der Waals surface area contributed by atoms with Gasteiger partial charge in [0.1, 0.15) is 5.69 Å². The van der Waals surface area contributed by atoms with E-state index in [4.69, 9.17) is 5.11 Å². The number of carbonyl (C=O) groups excluding carboxylic acids is 1. The number of carbonyl (C=O) groups is 1. The molecule has 1 unspecified atom stereocenters. The summed E-state index contributed by atoms with van der Waals surface area (Å²) < 4.78 is 0.603. The molecule has 0 bridgehead atoms. The van der Waals surface area contributed by atoms with Crippen LogP contribution in [0, 0.1) is 23.0 Å². The van der Waals surface area contributed by atoms with Crippen molar-refractivity contribution in [2.75, 3.05) is 18.1 Å². The molecule has 2 rings (SSSR count). The first-order valence-corrected chi connectivity index (χ1v) is 6.59. The standard InChI is InChI=1S/C12H13BrN2O4/c1-7-2-9(13)4-10(15(18)19)12(7)14-5-8(6-16)3-11(14)17/h2,4,8,16H,3,5-6H2,1H3. The smallest absolute Gasteiger partial charge is 0.294 e. The summed E-state index contributed by atoms with van der Waals surface area (Å²) in [5.41, 5.74) is 0.890. The molecule has 6 nitrogen and oxygen atoms in total. The van der Waals surface area contributed by atoms with E-state index in [0.717, 1.165) is 0 Å². The predicted molar refractivity (Wildman–Crippen MR) is 73.1 cm³/mol. The monoisotopic (exact) mass is 328 g/mol. The Kier molecular flexibility index (Phi) is 3.86. The van der Waals surface area contributed by atoms with Gasteiger partial charge in [-0.05, 0) is 18.6 Å². The van der Waals surface area contributed by atoms with Crippen LogP contribution in [0.2, 0.25) is 0 Å². The summed E-state index contributed by atoms with van der Waals surface area (Å²) >= 11 is 3.22. The Morgan fingerprint density at radius 2 is 2.26 bits per heavy atom. The minimum absolute atomic E-state index is 0.0917. The molecule has 7 heteroatoms. The molecule has 1 fully saturated rings. The van der Waals surface area contributed by atoms with Gasteiger partial charge in [0.15, 0.2) is 0 Å². The van der Waals surface area contributed by atoms with Crippen LogP contribution in [0.1, 0.15) is 12.0 Å². The van der Waals surface area contributed by atoms with Gasteiger partial charge >= 0.3 is 0 Å². The molecular weight excluding hydrogens is 316 g/mol. The van der Waals surface area contributed by atoms with Crippen LogP contribution < -0.4 is 4.90 Å². The fourth-order valence-corrected chi connectivity index (χ4v) is 2.89. The second kappa shape index (κ2) is 5.26. The third-order valence-corrected chi connectivity index (χ3v) is 3.63. The Morgan fingerprint density at radius 3 is 2.79 bits per heavy atom. The summed E-state index contributed by atoms with van der Waals surface area (Å²) in [6.45, 7) is 1.96. The number of aliphatic hydroxyl groups excluding tert-OH is 1. The zero-order chi connectivity index (χ0) is 14.2. The minimum atomic E-state index is -0.493. The fraction of sp³-hybridized carbons (Fsp3) is 0.417. The SMILES string of the molecule is Cc1cc(Br)cc([N+](=O)[O-])c1N1CC(CO)CC1=O. The number of hydrogen-bond donors (Lipinski definition) is 1. The maximum Gasteiger partial charge on any atom is 0.294 e. The highest BCUT2D eigenvalue weighted by Gasteiger charge is 2.35. The molecule has 102 valence electrons. The van der Waals surface area contributed by atoms with Gasteiger partial charge in [-0.3, -0.25) is 14.9 Å². The van der Waals surface area contributed by atoms with E-state index in [1.807, 2.05) is 0 Å². The van der Waals surface area contributed by atoms with Gasteiger partial charge in [-0.1, -0.05) is 15.9 Å². The van der Waals surface area contributed by atoms with Crippen molar-refractivity contribution in [2.24, 2.45) is 5.92 Å². The van der Waals surface area contributed by atoms with Gasteiger partial charge in [0, 0.05) is 36.0 Å². The summed E-state index contributed by atoms with van der Waals surface area (Å²) in [5, 5.41) is 20.3. The van der Waals surface area contributed by atoms with Gasteiger partial charge in [0.25, 0.3) is 5.69 Å². The average Bonchev–Trinajstić information content (AvgIpc) is 2.69. The lowest BCUT2D eigenvalue weighted by molar-refractivity contribution is -0.384. The molecule has 1 heterocycles. The van der Waals surface area contributed by atoms with Gasteiger partial charge in [0.2, 0.25) is 5.91 Å². The highest BCUT2D eigenvalue weighted by molar-refractivity contribution is 9.10. The Labute approximate surface area is 118 Å². The Hall–Kier alpha value is -1.47. The maximum absolute atomic E-state index is 11.9. The van der Waals surface area contributed by atoms with Crippen LogP contribution in [0.4, 0.5) is 11.4 Å². The van der Waals surface area contributed by atoms with Crippen molar-refractivity contribution in [2.45, 2.75) is 13.3 Å². The van der Waals surface area contributed by atoms with E-state index in [1.54, 1.807) is 13.0 Å². The average molecular weight is 329 g/mol. The third-order valence-electron chi connectivity index (χ3n) is 3.18. The van der Waals surface area contributed by atoms with Crippen molar-refractivity contribution in [3.8, 4) is 0 Å². The minimum Gasteiger partial charge on any atom is -0.396 e. The lowest BCUT2D eigenvalue weighted by Gasteiger charge is -2.19. The summed E-state index contributed by atoms with van der Waals surface area (Å²) in [7, 11) is 0. The molecule has 0 saturated carbocycles. The van der Waals surface area contributed by atoms with Crippen LogP contribution >= 0.6 is 15.9 Å². The van der Waals surface area contributed by atoms with Crippen molar-refractivity contribution in [3.63, 3.8) is 0 Å². The summed E-state index contributed by atoms with van der Waals surface area (Å²) in [6, 6.07) is 3.13. The molecule has 19 heavy (non-hydrogen) atoms. The second-order valence-corrected chi connectivity index (χ2v) is 5.52. The van der Waals surface area contributed by atoms with Crippen LogP contribution in [-0.2, 0) is 4.79 Å². The van der Waals surface area contributed by atoms with Gasteiger partial charge in [-0.2, -0.15) is 0 Å². The molecule has 1 amide bonds. The number of nitrogens with zero attached hydrogens (tertiary/aromatic N) is 2. The number of nitro groups is 1. The van der Waals surface area contributed by atoms with Gasteiger partial charge in [0.05, 0.1) is 4.92 Å². The van der Waals surface area contributed by atoms with Gasteiger partial charge < -0.3 is 10.0 Å². The zero-order valence-corrected chi connectivity index (χ0v) is 11.9. The number of amides is 1. The second-order valence-electron chi connectivity index (χ2n) is 4.60. The first-order valence-electron chi connectivity index (χ1n) is 5.79. The number of aliphatic hydroxyl groups is 1. The van der Waals surface area contributed by atoms with Crippen LogP contribution in [0.5, 0.6) is 0 Å². The first-order chi connectivity index (χ1) is 8.93. The van der Waals surface area contributed by atoms with Crippen molar-refractivity contribution >= 4 is 33.2 Å². The number of hydrogen-bond acceptors (Lipinski definition) is 4. The lowest BCUT2D eigenvalue weighted by Crippen LogP contribution is -2.26. The largest absolute Gasteiger partial charge is 0.396 e. The molecule has 0 radical (unpaired) electrons. The number of nitro benzene ring substituents is 1. The molecule has 0 spiro atoms. The van der Waals surface area contributed by atoms with Crippen molar-refractivity contribution in [1.82, 2.24) is 0 Å². The third kappa shape index (κ3) is 2.62. The highest BCUT2D eigenvalue weighted by atomic mass is 79.9. The Bertz CT molecular complexity index is 547. The molecule has 1 aromatic carbocycles. The topological polar surface area (TPSA) is 83.7 Å². The normalized spacial score (nSPS) is 19.0. The molecule has 0 aromatic heterocycles. The van der Waals surface area contributed by atoms with Crippen LogP contribution in [0.15, 0.2) is 16.6 Å². The fourth-order valence-electron chi connectivity index (χ4n) is 2.33. The molecule has 1 aromatic rings. The first kappa shape index (κ1) is 14.0. The molecule has 1 aliphatic rings. The van der Waals surface area contributed by atoms with Crippen molar-refractivity contribution in [3.05, 3.63) is 32.3 Å². The van der Waals surface area contributed by atoms with E-state index in [9.17, 15) is 14.9 Å². The van der Waals surface area contributed by atoms with E-state index < -0.39 is 4.92 Å². The van der Waals surface area contributed by atoms with Crippen molar-refractivity contribution < 1.29 is 14.8 Å². The molecule has 1 aliphatic heterocycles. The summed E-state index contributed by atoms with van der Waals surface area (Å²) in [5.74, 6) is -0.345. The van der Waals surface area contributed by atoms with Crippen LogP contribution in [-0.4, -0.2) is 29.1 Å². The molecular formula is C12H13BrN2O4. The summed E-state index contributed by atoms with van der Waals surface area (Å²) in [6.07, 6.45) is 0.225. The molecule has 0 aliphatic carbocycles. The maximum atomic E-state index is 11.9. The predicted octanol–water partition coefficient (Wildman–Crippen LogP) is 2.01. The van der Waals surface area contributed by atoms with Crippen molar-refractivity contribution in [1.29, 1.82) is 0 Å². The van der Waals surface area contributed by atoms with E-state index >= 15 is 0 Å².